The van der Waals surface area contributed by atoms with Crippen molar-refractivity contribution in [3.63, 3.8) is 0 Å². The average molecular weight is 433 g/mol. The molecule has 0 atom stereocenters. The predicted octanol–water partition coefficient (Wildman–Crippen LogP) is 3.86. The van der Waals surface area contributed by atoms with E-state index in [0.29, 0.717) is 28.5 Å². The number of nitrogens with two attached hydrogens (primary N) is 1. The molecule has 2 N–H and O–H groups in total. The maximum Gasteiger partial charge on any atom is 0.248 e. The molecule has 0 aliphatic rings. The first kappa shape index (κ1) is 20.2. The molecule has 0 unspecified atom stereocenters. The topological polar surface area (TPSA) is 112 Å². The number of rotatable bonds is 5. The lowest BCUT2D eigenvalue weighted by Crippen LogP contribution is -2.10. The number of benzene rings is 3. The highest BCUT2D eigenvalue weighted by molar-refractivity contribution is 5.93. The number of carbonyl (C=O) groups is 1. The predicted molar refractivity (Wildman–Crippen MR) is 124 cm³/mol. The Bertz CT molecular complexity index is 1440. The second-order valence-electron chi connectivity index (χ2n) is 7.46. The van der Waals surface area contributed by atoms with Gasteiger partial charge in [-0.25, -0.2) is 9.97 Å². The SMILES string of the molecule is Cc1ccccc1-c1nc(-c2ccc(C(N)=O)cc2)ncc1-c1nnnn1-c1ccccc1. The van der Waals surface area contributed by atoms with Gasteiger partial charge in [-0.1, -0.05) is 54.6 Å². The third-order valence-corrected chi connectivity index (χ3v) is 5.33. The molecular weight excluding hydrogens is 414 g/mol. The number of hydrogen-bond donors (Lipinski definition) is 1. The van der Waals surface area contributed by atoms with Crippen LogP contribution >= 0.6 is 0 Å². The van der Waals surface area contributed by atoms with Gasteiger partial charge >= 0.3 is 0 Å². The third-order valence-electron chi connectivity index (χ3n) is 5.33. The van der Waals surface area contributed by atoms with Crippen molar-refractivity contribution in [2.24, 2.45) is 5.73 Å². The molecule has 8 heteroatoms. The normalized spacial score (nSPS) is 10.8. The summed E-state index contributed by atoms with van der Waals surface area (Å²) in [4.78, 5) is 20.9. The van der Waals surface area contributed by atoms with Gasteiger partial charge in [0.25, 0.3) is 0 Å². The van der Waals surface area contributed by atoms with Crippen LogP contribution in [0.2, 0.25) is 0 Å². The molecule has 0 radical (unpaired) electrons. The molecule has 33 heavy (non-hydrogen) atoms. The number of para-hydroxylation sites is 1. The van der Waals surface area contributed by atoms with E-state index in [9.17, 15) is 4.79 Å². The monoisotopic (exact) mass is 433 g/mol. The lowest BCUT2D eigenvalue weighted by Gasteiger charge is -2.13. The van der Waals surface area contributed by atoms with Gasteiger partial charge in [-0.15, -0.1) is 5.10 Å². The van der Waals surface area contributed by atoms with E-state index in [-0.39, 0.29) is 0 Å². The van der Waals surface area contributed by atoms with Crippen LogP contribution in [0.3, 0.4) is 0 Å². The number of tetrazole rings is 1. The zero-order valence-electron chi connectivity index (χ0n) is 17.8. The van der Waals surface area contributed by atoms with E-state index in [4.69, 9.17) is 10.7 Å². The summed E-state index contributed by atoms with van der Waals surface area (Å²) >= 11 is 0. The minimum Gasteiger partial charge on any atom is -0.366 e. The minimum absolute atomic E-state index is 0.427. The van der Waals surface area contributed by atoms with Crippen LogP contribution in [-0.4, -0.2) is 36.1 Å². The number of carbonyl (C=O) groups excluding carboxylic acids is 1. The first-order chi connectivity index (χ1) is 16.1. The van der Waals surface area contributed by atoms with Crippen LogP contribution in [0.4, 0.5) is 0 Å². The molecule has 3 aromatic carbocycles. The van der Waals surface area contributed by atoms with Crippen molar-refractivity contribution >= 4 is 5.91 Å². The first-order valence-corrected chi connectivity index (χ1v) is 10.3. The van der Waals surface area contributed by atoms with E-state index in [2.05, 4.69) is 20.5 Å². The molecule has 5 aromatic rings. The zero-order chi connectivity index (χ0) is 22.8. The second-order valence-corrected chi connectivity index (χ2v) is 7.46. The summed E-state index contributed by atoms with van der Waals surface area (Å²) in [6.07, 6.45) is 1.73. The second kappa shape index (κ2) is 8.43. The maximum atomic E-state index is 11.4. The van der Waals surface area contributed by atoms with Crippen LogP contribution in [0.5, 0.6) is 0 Å². The fourth-order valence-corrected chi connectivity index (χ4v) is 3.61. The molecule has 2 aromatic heterocycles. The van der Waals surface area contributed by atoms with E-state index in [1.807, 2.05) is 61.5 Å². The highest BCUT2D eigenvalue weighted by atomic mass is 16.1. The average Bonchev–Trinajstić information content (AvgIpc) is 3.34. The fourth-order valence-electron chi connectivity index (χ4n) is 3.61. The highest BCUT2D eigenvalue weighted by Gasteiger charge is 2.20. The van der Waals surface area contributed by atoms with Gasteiger partial charge in [0.05, 0.1) is 16.9 Å². The summed E-state index contributed by atoms with van der Waals surface area (Å²) in [6, 6.07) is 24.6. The molecule has 2 heterocycles. The molecular formula is C25H19N7O. The molecule has 0 aliphatic carbocycles. The Kier molecular flexibility index (Phi) is 5.16. The van der Waals surface area contributed by atoms with Gasteiger partial charge in [-0.2, -0.15) is 4.68 Å². The zero-order valence-corrected chi connectivity index (χ0v) is 17.8. The molecule has 0 saturated carbocycles. The van der Waals surface area contributed by atoms with E-state index < -0.39 is 5.91 Å². The van der Waals surface area contributed by atoms with E-state index in [0.717, 1.165) is 22.4 Å². The number of hydrogen-bond acceptors (Lipinski definition) is 6. The summed E-state index contributed by atoms with van der Waals surface area (Å²) in [5.41, 5.74) is 10.8. The molecule has 0 saturated heterocycles. The molecule has 0 fully saturated rings. The van der Waals surface area contributed by atoms with E-state index in [1.54, 1.807) is 35.1 Å². The fraction of sp³-hybridized carbons (Fsp3) is 0.0400. The summed E-state index contributed by atoms with van der Waals surface area (Å²) in [5, 5.41) is 12.4. The van der Waals surface area contributed by atoms with Crippen LogP contribution in [0.1, 0.15) is 15.9 Å². The first-order valence-electron chi connectivity index (χ1n) is 10.3. The number of amides is 1. The molecule has 0 aliphatic heterocycles. The van der Waals surface area contributed by atoms with Crippen molar-refractivity contribution in [2.75, 3.05) is 0 Å². The van der Waals surface area contributed by atoms with Crippen molar-refractivity contribution in [1.29, 1.82) is 0 Å². The largest absolute Gasteiger partial charge is 0.366 e. The Hall–Kier alpha value is -4.72. The summed E-state index contributed by atoms with van der Waals surface area (Å²) in [6.45, 7) is 2.03. The standard InChI is InChI=1S/C25H19N7O/c1-16-7-5-6-10-20(16)22-21(25-29-30-31-32(25)19-8-3-2-4-9-19)15-27-24(28-22)18-13-11-17(12-14-18)23(26)33/h2-15H,1H3,(H2,26,33). The Balaban J connectivity index is 1.69. The Morgan fingerprint density at radius 2 is 1.61 bits per heavy atom. The number of aryl methyl sites for hydroxylation is 1. The van der Waals surface area contributed by atoms with Crippen molar-refractivity contribution in [2.45, 2.75) is 6.92 Å². The molecule has 8 nitrogen and oxygen atoms in total. The van der Waals surface area contributed by atoms with Crippen molar-refractivity contribution in [3.05, 3.63) is 96.2 Å². The Labute approximate surface area is 189 Å². The number of aromatic nitrogens is 6. The van der Waals surface area contributed by atoms with Gasteiger partial charge in [0.2, 0.25) is 5.91 Å². The van der Waals surface area contributed by atoms with Crippen LogP contribution in [-0.2, 0) is 0 Å². The van der Waals surface area contributed by atoms with E-state index in [1.165, 1.54) is 0 Å². The van der Waals surface area contributed by atoms with Gasteiger partial charge in [-0.3, -0.25) is 4.79 Å². The van der Waals surface area contributed by atoms with Crippen LogP contribution in [0.25, 0.3) is 39.7 Å². The lowest BCUT2D eigenvalue weighted by molar-refractivity contribution is 0.100. The minimum atomic E-state index is -0.480. The molecule has 0 bridgehead atoms. The smallest absolute Gasteiger partial charge is 0.248 e. The van der Waals surface area contributed by atoms with Crippen molar-refractivity contribution in [1.82, 2.24) is 30.2 Å². The number of primary amides is 1. The maximum absolute atomic E-state index is 11.4. The lowest BCUT2D eigenvalue weighted by atomic mass is 10.0. The van der Waals surface area contributed by atoms with Gasteiger partial charge < -0.3 is 5.73 Å². The Morgan fingerprint density at radius 3 is 2.33 bits per heavy atom. The number of nitrogens with zero attached hydrogens (tertiary/aromatic N) is 6. The van der Waals surface area contributed by atoms with Gasteiger partial charge in [0, 0.05) is 22.9 Å². The Morgan fingerprint density at radius 1 is 0.879 bits per heavy atom. The highest BCUT2D eigenvalue weighted by Crippen LogP contribution is 2.33. The molecule has 160 valence electrons. The van der Waals surface area contributed by atoms with Gasteiger partial charge in [0.15, 0.2) is 11.6 Å². The summed E-state index contributed by atoms with van der Waals surface area (Å²) < 4.78 is 1.67. The van der Waals surface area contributed by atoms with Gasteiger partial charge in [0.1, 0.15) is 0 Å². The molecule has 5 rings (SSSR count). The molecule has 0 spiro atoms. The summed E-state index contributed by atoms with van der Waals surface area (Å²) in [7, 11) is 0. The summed E-state index contributed by atoms with van der Waals surface area (Å²) in [5.74, 6) is 0.577. The van der Waals surface area contributed by atoms with Crippen LogP contribution in [0, 0.1) is 6.92 Å². The van der Waals surface area contributed by atoms with Crippen LogP contribution < -0.4 is 5.73 Å². The molecule has 1 amide bonds. The van der Waals surface area contributed by atoms with Gasteiger partial charge in [-0.05, 0) is 47.2 Å². The third kappa shape index (κ3) is 3.85. The van der Waals surface area contributed by atoms with E-state index >= 15 is 0 Å². The van der Waals surface area contributed by atoms with Crippen LogP contribution in [0.15, 0.2) is 85.1 Å². The quantitative estimate of drug-likeness (QED) is 0.450. The van der Waals surface area contributed by atoms with Crippen molar-refractivity contribution < 1.29 is 4.79 Å². The van der Waals surface area contributed by atoms with Crippen molar-refractivity contribution in [3.8, 4) is 39.7 Å².